The van der Waals surface area contributed by atoms with E-state index in [1.165, 1.54) is 6.07 Å². The second-order valence-electron chi connectivity index (χ2n) is 3.79. The smallest absolute Gasteiger partial charge is 0.329 e. The van der Waals surface area contributed by atoms with E-state index < -0.39 is 17.2 Å². The average molecular weight is 283 g/mol. The first-order valence-electron chi connectivity index (χ1n) is 5.61. The Morgan fingerprint density at radius 1 is 1.42 bits per heavy atom. The number of fused-ring (bicyclic) bond motifs is 1. The summed E-state index contributed by atoms with van der Waals surface area (Å²) >= 11 is 6.00. The van der Waals surface area contributed by atoms with Gasteiger partial charge in [0.15, 0.2) is 0 Å². The summed E-state index contributed by atoms with van der Waals surface area (Å²) in [5.74, 6) is -0.571. The Labute approximate surface area is 112 Å². The van der Waals surface area contributed by atoms with Gasteiger partial charge in [0.2, 0.25) is 0 Å². The molecule has 0 spiro atoms. The summed E-state index contributed by atoms with van der Waals surface area (Å²) in [5.41, 5.74) is -1.01. The van der Waals surface area contributed by atoms with E-state index in [1.54, 1.807) is 19.1 Å². The number of carbonyl (C=O) groups is 1. The van der Waals surface area contributed by atoms with Crippen molar-refractivity contribution in [2.24, 2.45) is 0 Å². The molecule has 0 amide bonds. The van der Waals surface area contributed by atoms with E-state index in [9.17, 15) is 14.4 Å². The van der Waals surface area contributed by atoms with Crippen molar-refractivity contribution in [2.75, 3.05) is 6.61 Å². The highest BCUT2D eigenvalue weighted by atomic mass is 35.5. The highest BCUT2D eigenvalue weighted by Crippen LogP contribution is 2.19. The number of hydrogen-bond acceptors (Lipinski definition) is 4. The lowest BCUT2D eigenvalue weighted by atomic mass is 10.2. The van der Waals surface area contributed by atoms with Crippen molar-refractivity contribution >= 4 is 28.5 Å². The fourth-order valence-corrected chi connectivity index (χ4v) is 2.07. The fourth-order valence-electron chi connectivity index (χ4n) is 1.79. The second-order valence-corrected chi connectivity index (χ2v) is 4.19. The molecule has 0 atom stereocenters. The number of esters is 1. The van der Waals surface area contributed by atoms with Gasteiger partial charge in [-0.2, -0.15) is 0 Å². The standard InChI is InChI=1S/C12H11ClN2O4/c1-2-19-9(16)6-15-10-7(4-3-5-8(10)13)11(17)14-12(15)18/h3-5H,2,6H2,1H3,(H,14,17,18). The van der Waals surface area contributed by atoms with Gasteiger partial charge in [-0.25, -0.2) is 4.79 Å². The number of halogens is 1. The van der Waals surface area contributed by atoms with Crippen LogP contribution in [0, 0.1) is 0 Å². The van der Waals surface area contributed by atoms with Gasteiger partial charge in [0.25, 0.3) is 5.56 Å². The number of aromatic nitrogens is 2. The number of hydrogen-bond donors (Lipinski definition) is 1. The lowest BCUT2D eigenvalue weighted by Crippen LogP contribution is -2.33. The molecule has 0 radical (unpaired) electrons. The van der Waals surface area contributed by atoms with Crippen LogP contribution < -0.4 is 11.2 Å². The normalized spacial score (nSPS) is 10.6. The van der Waals surface area contributed by atoms with Crippen molar-refractivity contribution in [1.29, 1.82) is 0 Å². The molecule has 2 aromatic rings. The quantitative estimate of drug-likeness (QED) is 0.848. The third-order valence-electron chi connectivity index (χ3n) is 2.56. The third-order valence-corrected chi connectivity index (χ3v) is 2.86. The van der Waals surface area contributed by atoms with Crippen molar-refractivity contribution in [3.8, 4) is 0 Å². The van der Waals surface area contributed by atoms with E-state index in [1.807, 2.05) is 0 Å². The van der Waals surface area contributed by atoms with Crippen molar-refractivity contribution < 1.29 is 9.53 Å². The Morgan fingerprint density at radius 2 is 2.16 bits per heavy atom. The number of aromatic amines is 1. The maximum Gasteiger partial charge on any atom is 0.329 e. The van der Waals surface area contributed by atoms with Crippen LogP contribution in [0.2, 0.25) is 5.02 Å². The average Bonchev–Trinajstić information content (AvgIpc) is 2.35. The van der Waals surface area contributed by atoms with Crippen LogP contribution in [0.15, 0.2) is 27.8 Å². The molecule has 0 aliphatic heterocycles. The number of nitrogens with zero attached hydrogens (tertiary/aromatic N) is 1. The summed E-state index contributed by atoms with van der Waals surface area (Å²) in [5, 5.41) is 0.474. The minimum Gasteiger partial charge on any atom is -0.465 e. The molecule has 1 N–H and O–H groups in total. The molecule has 2 rings (SSSR count). The molecule has 1 aromatic heterocycles. The molecule has 7 heteroatoms. The molecular weight excluding hydrogens is 272 g/mol. The molecule has 0 unspecified atom stereocenters. The molecule has 1 heterocycles. The van der Waals surface area contributed by atoms with Crippen LogP contribution in [0.5, 0.6) is 0 Å². The number of carbonyl (C=O) groups excluding carboxylic acids is 1. The summed E-state index contributed by atoms with van der Waals surface area (Å²) in [6, 6.07) is 4.67. The zero-order chi connectivity index (χ0) is 14.0. The van der Waals surface area contributed by atoms with Gasteiger partial charge in [-0.1, -0.05) is 17.7 Å². The summed E-state index contributed by atoms with van der Waals surface area (Å²) in [6.07, 6.45) is 0. The van der Waals surface area contributed by atoms with Crippen molar-refractivity contribution in [2.45, 2.75) is 13.5 Å². The fraction of sp³-hybridized carbons (Fsp3) is 0.250. The predicted octanol–water partition coefficient (Wildman–Crippen LogP) is 0.906. The van der Waals surface area contributed by atoms with Crippen LogP contribution in [-0.2, 0) is 16.1 Å². The zero-order valence-electron chi connectivity index (χ0n) is 10.1. The largest absolute Gasteiger partial charge is 0.465 e. The number of ether oxygens (including phenoxy) is 1. The summed E-state index contributed by atoms with van der Waals surface area (Å²) in [4.78, 5) is 37.1. The summed E-state index contributed by atoms with van der Waals surface area (Å²) < 4.78 is 5.88. The minimum atomic E-state index is -0.696. The van der Waals surface area contributed by atoms with Crippen molar-refractivity contribution in [1.82, 2.24) is 9.55 Å². The van der Waals surface area contributed by atoms with Gasteiger partial charge in [-0.05, 0) is 19.1 Å². The first kappa shape index (κ1) is 13.4. The Kier molecular flexibility index (Phi) is 3.71. The number of rotatable bonds is 3. The summed E-state index contributed by atoms with van der Waals surface area (Å²) in [6.45, 7) is 1.57. The topological polar surface area (TPSA) is 81.2 Å². The van der Waals surface area contributed by atoms with Crippen LogP contribution in [0.4, 0.5) is 0 Å². The van der Waals surface area contributed by atoms with E-state index in [2.05, 4.69) is 4.98 Å². The SMILES string of the molecule is CCOC(=O)Cn1c(=O)[nH]c(=O)c2cccc(Cl)c21. The molecule has 0 aliphatic rings. The molecule has 100 valence electrons. The first-order chi connectivity index (χ1) is 9.04. The van der Waals surface area contributed by atoms with Crippen LogP contribution >= 0.6 is 11.6 Å². The molecule has 0 fully saturated rings. The van der Waals surface area contributed by atoms with Crippen LogP contribution in [-0.4, -0.2) is 22.1 Å². The Bertz CT molecular complexity index is 747. The molecular formula is C12H11ClN2O4. The van der Waals surface area contributed by atoms with E-state index in [-0.39, 0.29) is 29.1 Å². The lowest BCUT2D eigenvalue weighted by Gasteiger charge is -2.09. The van der Waals surface area contributed by atoms with Gasteiger partial charge >= 0.3 is 11.7 Å². The van der Waals surface area contributed by atoms with Crippen molar-refractivity contribution in [3.05, 3.63) is 44.1 Å². The monoisotopic (exact) mass is 282 g/mol. The highest BCUT2D eigenvalue weighted by molar-refractivity contribution is 6.35. The Morgan fingerprint density at radius 3 is 2.84 bits per heavy atom. The number of nitrogens with one attached hydrogen (secondary N) is 1. The molecule has 6 nitrogen and oxygen atoms in total. The van der Waals surface area contributed by atoms with Gasteiger partial charge in [0, 0.05) is 0 Å². The Hall–Kier alpha value is -2.08. The number of para-hydroxylation sites is 1. The van der Waals surface area contributed by atoms with Crippen LogP contribution in [0.3, 0.4) is 0 Å². The van der Waals surface area contributed by atoms with E-state index in [0.29, 0.717) is 0 Å². The molecule has 0 saturated heterocycles. The Balaban J connectivity index is 2.69. The molecule has 19 heavy (non-hydrogen) atoms. The lowest BCUT2D eigenvalue weighted by molar-refractivity contribution is -0.143. The van der Waals surface area contributed by atoms with Gasteiger partial charge in [0.1, 0.15) is 6.54 Å². The maximum atomic E-state index is 11.8. The van der Waals surface area contributed by atoms with Crippen LogP contribution in [0.1, 0.15) is 6.92 Å². The molecule has 1 aromatic carbocycles. The predicted molar refractivity (Wildman–Crippen MR) is 70.5 cm³/mol. The zero-order valence-corrected chi connectivity index (χ0v) is 10.9. The van der Waals surface area contributed by atoms with Gasteiger partial charge in [-0.15, -0.1) is 0 Å². The van der Waals surface area contributed by atoms with E-state index in [0.717, 1.165) is 4.57 Å². The van der Waals surface area contributed by atoms with E-state index in [4.69, 9.17) is 16.3 Å². The highest BCUT2D eigenvalue weighted by Gasteiger charge is 2.13. The van der Waals surface area contributed by atoms with Gasteiger partial charge < -0.3 is 4.74 Å². The number of benzene rings is 1. The van der Waals surface area contributed by atoms with Crippen LogP contribution in [0.25, 0.3) is 10.9 Å². The van der Waals surface area contributed by atoms with E-state index >= 15 is 0 Å². The molecule has 0 saturated carbocycles. The second kappa shape index (κ2) is 5.27. The first-order valence-corrected chi connectivity index (χ1v) is 5.99. The molecule has 0 bridgehead atoms. The summed E-state index contributed by atoms with van der Waals surface area (Å²) in [7, 11) is 0. The molecule has 0 aliphatic carbocycles. The minimum absolute atomic E-state index is 0.211. The van der Waals surface area contributed by atoms with Gasteiger partial charge in [0.05, 0.1) is 22.5 Å². The van der Waals surface area contributed by atoms with Gasteiger partial charge in [-0.3, -0.25) is 19.1 Å². The maximum absolute atomic E-state index is 11.8. The number of H-pyrrole nitrogens is 1. The third kappa shape index (κ3) is 2.53. The van der Waals surface area contributed by atoms with Crippen molar-refractivity contribution in [3.63, 3.8) is 0 Å².